The highest BCUT2D eigenvalue weighted by molar-refractivity contribution is 5.11. The van der Waals surface area contributed by atoms with Crippen LogP contribution in [-0.2, 0) is 0 Å². The number of hydrogen-bond donors (Lipinski definition) is 1. The minimum atomic E-state index is -0.378. The van der Waals surface area contributed by atoms with Gasteiger partial charge in [0.2, 0.25) is 0 Å². The fourth-order valence-corrected chi connectivity index (χ4v) is 2.93. The summed E-state index contributed by atoms with van der Waals surface area (Å²) in [5.41, 5.74) is 0.664. The van der Waals surface area contributed by atoms with Gasteiger partial charge in [0.15, 0.2) is 0 Å². The van der Waals surface area contributed by atoms with Gasteiger partial charge in [-0.25, -0.2) is 0 Å². The van der Waals surface area contributed by atoms with Gasteiger partial charge in [-0.05, 0) is 46.1 Å². The quantitative estimate of drug-likeness (QED) is 0.891. The first-order chi connectivity index (χ1) is 8.54. The lowest BCUT2D eigenvalue weighted by Crippen LogP contribution is -2.50. The number of aromatic nitrogens is 2. The summed E-state index contributed by atoms with van der Waals surface area (Å²) < 4.78 is 2.03. The zero-order valence-corrected chi connectivity index (χ0v) is 11.5. The number of nitrogens with one attached hydrogen (secondary N) is 1. The van der Waals surface area contributed by atoms with Crippen molar-refractivity contribution in [3.8, 4) is 6.07 Å². The Balaban J connectivity index is 2.14. The molecule has 1 aromatic rings. The Morgan fingerprint density at radius 3 is 2.94 bits per heavy atom. The Bertz CT molecular complexity index is 443. The number of hydrogen-bond acceptors (Lipinski definition) is 3. The van der Waals surface area contributed by atoms with E-state index in [1.807, 2.05) is 23.9 Å². The van der Waals surface area contributed by atoms with Crippen molar-refractivity contribution in [2.45, 2.75) is 64.1 Å². The van der Waals surface area contributed by atoms with Crippen LogP contribution in [0.5, 0.6) is 0 Å². The highest BCUT2D eigenvalue weighted by Gasteiger charge is 2.37. The molecule has 0 bridgehead atoms. The molecule has 0 spiro atoms. The lowest BCUT2D eigenvalue weighted by molar-refractivity contribution is 0.209. The molecule has 0 radical (unpaired) electrons. The fraction of sp³-hybridized carbons (Fsp3) is 0.714. The predicted molar refractivity (Wildman–Crippen MR) is 71.1 cm³/mol. The molecule has 0 aromatic carbocycles. The van der Waals surface area contributed by atoms with Crippen molar-refractivity contribution in [1.82, 2.24) is 15.1 Å². The third-order valence-electron chi connectivity index (χ3n) is 3.62. The van der Waals surface area contributed by atoms with Crippen molar-refractivity contribution in [3.05, 3.63) is 18.0 Å². The Morgan fingerprint density at radius 1 is 1.61 bits per heavy atom. The third kappa shape index (κ3) is 2.73. The molecule has 1 aliphatic carbocycles. The van der Waals surface area contributed by atoms with Gasteiger partial charge in [-0.1, -0.05) is 0 Å². The summed E-state index contributed by atoms with van der Waals surface area (Å²) in [6, 6.07) is 5.21. The number of aryl methyl sites for hydroxylation is 1. The molecular weight excluding hydrogens is 224 g/mol. The van der Waals surface area contributed by atoms with E-state index in [1.54, 1.807) is 0 Å². The summed E-state index contributed by atoms with van der Waals surface area (Å²) in [4.78, 5) is 0. The Kier molecular flexibility index (Phi) is 3.72. The van der Waals surface area contributed by atoms with Crippen LogP contribution in [0.3, 0.4) is 0 Å². The van der Waals surface area contributed by atoms with Crippen LogP contribution in [0.2, 0.25) is 0 Å². The Morgan fingerprint density at radius 2 is 2.39 bits per heavy atom. The van der Waals surface area contributed by atoms with Crippen LogP contribution in [0.25, 0.3) is 0 Å². The molecule has 1 N–H and O–H groups in total. The zero-order chi connectivity index (χ0) is 13.2. The van der Waals surface area contributed by atoms with Crippen molar-refractivity contribution < 1.29 is 0 Å². The van der Waals surface area contributed by atoms with Crippen LogP contribution in [0, 0.1) is 18.3 Å². The SMILES string of the molecule is Cc1ccn(C2CCCC(C#N)(NC(C)C)C2)n1. The van der Waals surface area contributed by atoms with Gasteiger partial charge >= 0.3 is 0 Å². The molecule has 0 saturated heterocycles. The molecule has 2 unspecified atom stereocenters. The van der Waals surface area contributed by atoms with Gasteiger partial charge in [-0.2, -0.15) is 10.4 Å². The molecule has 4 nitrogen and oxygen atoms in total. The van der Waals surface area contributed by atoms with E-state index in [9.17, 15) is 5.26 Å². The van der Waals surface area contributed by atoms with Gasteiger partial charge in [0, 0.05) is 18.7 Å². The second kappa shape index (κ2) is 5.11. The second-order valence-corrected chi connectivity index (χ2v) is 5.68. The largest absolute Gasteiger partial charge is 0.297 e. The molecule has 0 aliphatic heterocycles. The molecule has 98 valence electrons. The summed E-state index contributed by atoms with van der Waals surface area (Å²) in [5, 5.41) is 17.5. The number of nitriles is 1. The average Bonchev–Trinajstić information content (AvgIpc) is 2.75. The summed E-state index contributed by atoms with van der Waals surface area (Å²) in [6.45, 7) is 6.20. The van der Waals surface area contributed by atoms with E-state index in [2.05, 4.69) is 30.3 Å². The molecule has 1 saturated carbocycles. The first-order valence-corrected chi connectivity index (χ1v) is 6.75. The minimum Gasteiger partial charge on any atom is -0.297 e. The van der Waals surface area contributed by atoms with E-state index in [4.69, 9.17) is 0 Å². The van der Waals surface area contributed by atoms with Gasteiger partial charge in [-0.15, -0.1) is 0 Å². The smallest absolute Gasteiger partial charge is 0.109 e. The normalized spacial score (nSPS) is 28.3. The van der Waals surface area contributed by atoms with E-state index in [0.29, 0.717) is 12.1 Å². The number of rotatable bonds is 3. The van der Waals surface area contributed by atoms with E-state index in [1.165, 1.54) is 0 Å². The molecule has 2 atom stereocenters. The summed E-state index contributed by atoms with van der Waals surface area (Å²) in [7, 11) is 0. The topological polar surface area (TPSA) is 53.6 Å². The second-order valence-electron chi connectivity index (χ2n) is 5.68. The predicted octanol–water partition coefficient (Wildman–Crippen LogP) is 2.57. The van der Waals surface area contributed by atoms with Crippen molar-refractivity contribution >= 4 is 0 Å². The molecule has 2 rings (SSSR count). The maximum Gasteiger partial charge on any atom is 0.109 e. The van der Waals surface area contributed by atoms with Gasteiger partial charge in [0.25, 0.3) is 0 Å². The first kappa shape index (κ1) is 13.1. The van der Waals surface area contributed by atoms with Gasteiger partial charge in [0.05, 0.1) is 17.8 Å². The summed E-state index contributed by atoms with van der Waals surface area (Å²) in [6.07, 6.45) is 6.02. The van der Waals surface area contributed by atoms with Gasteiger partial charge in [-0.3, -0.25) is 10.00 Å². The summed E-state index contributed by atoms with van der Waals surface area (Å²) >= 11 is 0. The summed E-state index contributed by atoms with van der Waals surface area (Å²) in [5.74, 6) is 0. The van der Waals surface area contributed by atoms with Crippen LogP contribution >= 0.6 is 0 Å². The molecule has 18 heavy (non-hydrogen) atoms. The van der Waals surface area contributed by atoms with Crippen LogP contribution in [-0.4, -0.2) is 21.4 Å². The Hall–Kier alpha value is -1.34. The van der Waals surface area contributed by atoms with Gasteiger partial charge in [0.1, 0.15) is 5.54 Å². The van der Waals surface area contributed by atoms with Crippen LogP contribution in [0.4, 0.5) is 0 Å². The van der Waals surface area contributed by atoms with E-state index < -0.39 is 0 Å². The first-order valence-electron chi connectivity index (χ1n) is 6.75. The van der Waals surface area contributed by atoms with Gasteiger partial charge < -0.3 is 0 Å². The van der Waals surface area contributed by atoms with E-state index in [0.717, 1.165) is 31.4 Å². The number of nitrogens with zero attached hydrogens (tertiary/aromatic N) is 3. The lowest BCUT2D eigenvalue weighted by Gasteiger charge is -2.37. The Labute approximate surface area is 109 Å². The minimum absolute atomic E-state index is 0.336. The molecule has 1 heterocycles. The van der Waals surface area contributed by atoms with Crippen LogP contribution < -0.4 is 5.32 Å². The maximum atomic E-state index is 9.52. The van der Waals surface area contributed by atoms with Crippen LogP contribution in [0.1, 0.15) is 51.3 Å². The van der Waals surface area contributed by atoms with Crippen molar-refractivity contribution in [1.29, 1.82) is 5.26 Å². The molecule has 1 fully saturated rings. The van der Waals surface area contributed by atoms with Crippen molar-refractivity contribution in [2.24, 2.45) is 0 Å². The molecule has 1 aliphatic rings. The third-order valence-corrected chi connectivity index (χ3v) is 3.62. The highest BCUT2D eigenvalue weighted by Crippen LogP contribution is 2.35. The molecule has 1 aromatic heterocycles. The standard InChI is InChI=1S/C14H22N4/c1-11(2)16-14(10-15)7-4-5-13(9-14)18-8-6-12(3)17-18/h6,8,11,13,16H,4-5,7,9H2,1-3H3. The molecule has 0 amide bonds. The maximum absolute atomic E-state index is 9.52. The zero-order valence-electron chi connectivity index (χ0n) is 11.5. The lowest BCUT2D eigenvalue weighted by atomic mass is 9.79. The highest BCUT2D eigenvalue weighted by atomic mass is 15.3. The monoisotopic (exact) mass is 246 g/mol. The molecular formula is C14H22N4. The molecule has 4 heteroatoms. The van der Waals surface area contributed by atoms with Crippen molar-refractivity contribution in [3.63, 3.8) is 0 Å². The van der Waals surface area contributed by atoms with Crippen LogP contribution in [0.15, 0.2) is 12.3 Å². The van der Waals surface area contributed by atoms with Crippen molar-refractivity contribution in [2.75, 3.05) is 0 Å². The van der Waals surface area contributed by atoms with E-state index in [-0.39, 0.29) is 5.54 Å². The van der Waals surface area contributed by atoms with E-state index >= 15 is 0 Å². The average molecular weight is 246 g/mol. The fourth-order valence-electron chi connectivity index (χ4n) is 2.93.